The van der Waals surface area contributed by atoms with E-state index in [0.29, 0.717) is 46.2 Å². The molecule has 3 atom stereocenters. The molecule has 4 heterocycles. The lowest BCUT2D eigenvalue weighted by molar-refractivity contribution is -0.128. The molecule has 2 aliphatic rings. The van der Waals surface area contributed by atoms with Gasteiger partial charge in [-0.15, -0.1) is 0 Å². The van der Waals surface area contributed by atoms with Crippen LogP contribution in [0.2, 0.25) is 0 Å². The van der Waals surface area contributed by atoms with E-state index < -0.39 is 13.0 Å². The predicted molar refractivity (Wildman–Crippen MR) is 136 cm³/mol. The number of imidazole rings is 1. The van der Waals surface area contributed by atoms with Crippen molar-refractivity contribution in [2.45, 2.75) is 45.7 Å². The molecule has 194 valence electrons. The Morgan fingerprint density at radius 2 is 1.97 bits per heavy atom. The molecule has 11 heteroatoms. The van der Waals surface area contributed by atoms with Crippen LogP contribution in [0.25, 0.3) is 33.2 Å². The average Bonchev–Trinajstić information content (AvgIpc) is 3.60. The summed E-state index contributed by atoms with van der Waals surface area (Å²) >= 11 is 0. The number of nitrogens with zero attached hydrogens (tertiary/aromatic N) is 5. The van der Waals surface area contributed by atoms with E-state index in [4.69, 9.17) is 9.72 Å². The number of amides is 1. The number of hydrogen-bond acceptors (Lipinski definition) is 6. The van der Waals surface area contributed by atoms with Crippen LogP contribution in [0, 0.1) is 18.8 Å². The largest absolute Gasteiger partial charge is 0.480 e. The number of carbonyl (C=O) groups is 1. The fourth-order valence-corrected chi connectivity index (χ4v) is 6.08. The summed E-state index contributed by atoms with van der Waals surface area (Å²) in [5.74, 6) is 2.62. The Bertz CT molecular complexity index is 1480. The van der Waals surface area contributed by atoms with Gasteiger partial charge >= 0.3 is 0 Å². The van der Waals surface area contributed by atoms with Gasteiger partial charge in [-0.1, -0.05) is 6.07 Å². The van der Waals surface area contributed by atoms with E-state index in [1.165, 1.54) is 0 Å². The van der Waals surface area contributed by atoms with Crippen LogP contribution < -0.4 is 10.1 Å². The molecule has 1 aliphatic heterocycles. The first-order chi connectivity index (χ1) is 17.8. The van der Waals surface area contributed by atoms with E-state index in [-0.39, 0.29) is 11.9 Å². The number of alkyl halides is 2. The number of aromatic nitrogens is 5. The van der Waals surface area contributed by atoms with Crippen molar-refractivity contribution < 1.29 is 18.3 Å². The zero-order valence-corrected chi connectivity index (χ0v) is 21.0. The molecule has 1 aromatic carbocycles. The summed E-state index contributed by atoms with van der Waals surface area (Å²) in [5, 5.41) is 4.20. The van der Waals surface area contributed by atoms with E-state index in [9.17, 15) is 13.6 Å². The smallest absolute Gasteiger partial charge is 0.256 e. The minimum atomic E-state index is -2.47. The van der Waals surface area contributed by atoms with Crippen molar-refractivity contribution in [2.24, 2.45) is 11.8 Å². The van der Waals surface area contributed by atoms with Crippen molar-refractivity contribution in [1.29, 1.82) is 0 Å². The number of ether oxygens (including phenoxy) is 1. The van der Waals surface area contributed by atoms with Crippen LogP contribution in [0.4, 0.5) is 14.7 Å². The van der Waals surface area contributed by atoms with Crippen LogP contribution in [-0.4, -0.2) is 68.0 Å². The number of nitrogens with one attached hydrogen (secondary N) is 2. The number of benzene rings is 1. The molecule has 0 spiro atoms. The summed E-state index contributed by atoms with van der Waals surface area (Å²) in [5.41, 5.74) is 3.60. The highest BCUT2D eigenvalue weighted by atomic mass is 19.3. The van der Waals surface area contributed by atoms with Crippen molar-refractivity contribution in [3.05, 3.63) is 30.2 Å². The minimum Gasteiger partial charge on any atom is -0.480 e. The number of aryl methyl sites for hydroxylation is 1. The molecule has 2 N–H and O–H groups in total. The molecule has 3 aromatic heterocycles. The lowest BCUT2D eigenvalue weighted by atomic mass is 10.0. The van der Waals surface area contributed by atoms with Crippen LogP contribution in [0.3, 0.4) is 0 Å². The van der Waals surface area contributed by atoms with Gasteiger partial charge in [-0.05, 0) is 49.3 Å². The van der Waals surface area contributed by atoms with Gasteiger partial charge in [0.2, 0.25) is 17.7 Å². The topological polar surface area (TPSA) is 101 Å². The SMILES string of the molecule is COc1nc(N[C@H]2C[C@@H]3CN(C(C)=O)C[C@@H]3C2)nc2[nH]cc(-c3ccc4nc(C)n(CC(F)F)c4c3)c12. The molecule has 0 radical (unpaired) electrons. The van der Waals surface area contributed by atoms with Crippen LogP contribution in [0.1, 0.15) is 25.6 Å². The number of fused-ring (bicyclic) bond motifs is 3. The Labute approximate surface area is 212 Å². The Balaban J connectivity index is 1.29. The number of likely N-dealkylation sites (tertiary alicyclic amines) is 1. The third kappa shape index (κ3) is 4.15. The molecule has 4 aromatic rings. The van der Waals surface area contributed by atoms with Crippen molar-refractivity contribution >= 4 is 33.9 Å². The lowest BCUT2D eigenvalue weighted by Gasteiger charge is -2.18. The lowest BCUT2D eigenvalue weighted by Crippen LogP contribution is -2.29. The second-order valence-corrected chi connectivity index (χ2v) is 10.1. The first-order valence-electron chi connectivity index (χ1n) is 12.5. The van der Waals surface area contributed by atoms with Crippen molar-refractivity contribution in [3.63, 3.8) is 0 Å². The van der Waals surface area contributed by atoms with E-state index in [2.05, 4.69) is 20.3 Å². The Kier molecular flexibility index (Phi) is 5.73. The molecule has 1 saturated carbocycles. The highest BCUT2D eigenvalue weighted by molar-refractivity contribution is 5.99. The van der Waals surface area contributed by atoms with Crippen molar-refractivity contribution in [2.75, 3.05) is 25.5 Å². The maximum absolute atomic E-state index is 13.2. The Hall–Kier alpha value is -3.76. The van der Waals surface area contributed by atoms with Gasteiger partial charge in [-0.25, -0.2) is 13.8 Å². The van der Waals surface area contributed by atoms with Gasteiger partial charge in [0.1, 0.15) is 11.5 Å². The zero-order valence-electron chi connectivity index (χ0n) is 21.0. The molecule has 9 nitrogen and oxygen atoms in total. The molecular weight excluding hydrogens is 480 g/mol. The number of hydrogen-bond donors (Lipinski definition) is 2. The summed E-state index contributed by atoms with van der Waals surface area (Å²) in [7, 11) is 1.57. The predicted octanol–water partition coefficient (Wildman–Crippen LogP) is 4.23. The summed E-state index contributed by atoms with van der Waals surface area (Å²) in [6, 6.07) is 5.86. The molecule has 1 aliphatic carbocycles. The molecule has 0 unspecified atom stereocenters. The van der Waals surface area contributed by atoms with E-state index >= 15 is 0 Å². The fourth-order valence-electron chi connectivity index (χ4n) is 6.08. The molecule has 0 bridgehead atoms. The highest BCUT2D eigenvalue weighted by Gasteiger charge is 2.41. The number of methoxy groups -OCH3 is 1. The van der Waals surface area contributed by atoms with Gasteiger partial charge in [-0.2, -0.15) is 9.97 Å². The summed E-state index contributed by atoms with van der Waals surface area (Å²) in [4.78, 5) is 30.7. The van der Waals surface area contributed by atoms with Crippen LogP contribution in [0.15, 0.2) is 24.4 Å². The minimum absolute atomic E-state index is 0.146. The fraction of sp³-hybridized carbons (Fsp3) is 0.462. The van der Waals surface area contributed by atoms with Gasteiger partial charge in [0, 0.05) is 37.8 Å². The number of aromatic amines is 1. The standard InChI is InChI=1S/C26H29F2N7O2/c1-13-30-20-5-4-15(8-21(20)35(13)12-22(27)28)19-9-29-24-23(19)25(37-3)33-26(32-24)31-18-6-16-10-34(14(2)36)11-17(16)7-18/h4-5,8-9,16-18,22H,6-7,10-12H2,1-3H3,(H2,29,31,32,33)/t16-,17+,18+. The molecule has 6 rings (SSSR count). The number of rotatable bonds is 6. The van der Waals surface area contributed by atoms with E-state index in [1.807, 2.05) is 29.3 Å². The number of H-pyrrole nitrogens is 1. The van der Waals surface area contributed by atoms with Crippen molar-refractivity contribution in [3.8, 4) is 17.0 Å². The Morgan fingerprint density at radius 3 is 2.65 bits per heavy atom. The zero-order chi connectivity index (χ0) is 25.8. The van der Waals surface area contributed by atoms with Crippen molar-refractivity contribution in [1.82, 2.24) is 29.4 Å². The number of halogens is 2. The molecule has 1 amide bonds. The monoisotopic (exact) mass is 509 g/mol. The van der Waals surface area contributed by atoms with E-state index in [0.717, 1.165) is 42.4 Å². The van der Waals surface area contributed by atoms with E-state index in [1.54, 1.807) is 25.5 Å². The van der Waals surface area contributed by atoms with Gasteiger partial charge in [0.05, 0.1) is 30.1 Å². The van der Waals surface area contributed by atoms with Gasteiger partial charge in [-0.3, -0.25) is 4.79 Å². The first-order valence-corrected chi connectivity index (χ1v) is 12.5. The quantitative estimate of drug-likeness (QED) is 0.404. The molecule has 2 fully saturated rings. The number of carbonyl (C=O) groups excluding carboxylic acids is 1. The highest BCUT2D eigenvalue weighted by Crippen LogP contribution is 2.40. The molecule has 1 saturated heterocycles. The molecule has 37 heavy (non-hydrogen) atoms. The van der Waals surface area contributed by atoms with Crippen LogP contribution in [0.5, 0.6) is 5.88 Å². The van der Waals surface area contributed by atoms with Gasteiger partial charge < -0.3 is 24.5 Å². The Morgan fingerprint density at radius 1 is 1.22 bits per heavy atom. The summed E-state index contributed by atoms with van der Waals surface area (Å²) in [6.45, 7) is 4.60. The first kappa shape index (κ1) is 23.6. The van der Waals surface area contributed by atoms with Gasteiger partial charge in [0.25, 0.3) is 6.43 Å². The maximum Gasteiger partial charge on any atom is 0.256 e. The molecular formula is C26H29F2N7O2. The second-order valence-electron chi connectivity index (χ2n) is 10.1. The van der Waals surface area contributed by atoms with Crippen LogP contribution >= 0.6 is 0 Å². The second kappa shape index (κ2) is 8.97. The van der Waals surface area contributed by atoms with Crippen LogP contribution in [-0.2, 0) is 11.3 Å². The summed E-state index contributed by atoms with van der Waals surface area (Å²) < 4.78 is 33.6. The number of anilines is 1. The van der Waals surface area contributed by atoms with Gasteiger partial charge in [0.15, 0.2) is 0 Å². The maximum atomic E-state index is 13.2. The third-order valence-electron chi connectivity index (χ3n) is 7.79. The summed E-state index contributed by atoms with van der Waals surface area (Å²) in [6.07, 6.45) is 1.31. The third-order valence-corrected chi connectivity index (χ3v) is 7.79. The normalized spacial score (nSPS) is 21.4. The average molecular weight is 510 g/mol.